The van der Waals surface area contributed by atoms with Crippen molar-refractivity contribution in [3.63, 3.8) is 0 Å². The number of nitrogens with one attached hydrogen (secondary N) is 1. The van der Waals surface area contributed by atoms with Gasteiger partial charge in [-0.1, -0.05) is 52.3 Å². The van der Waals surface area contributed by atoms with Crippen molar-refractivity contribution < 1.29 is 14.3 Å². The van der Waals surface area contributed by atoms with Crippen LogP contribution in [0, 0.1) is 0 Å². The maximum atomic E-state index is 12.2. The zero-order chi connectivity index (χ0) is 20.5. The van der Waals surface area contributed by atoms with Gasteiger partial charge in [-0.15, -0.1) is 0 Å². The third-order valence-corrected chi connectivity index (χ3v) is 5.20. The fraction of sp³-hybridized carbons (Fsp3) is 0.174. The molecule has 1 N–H and O–H groups in total. The lowest BCUT2D eigenvalue weighted by molar-refractivity contribution is -0.118. The second-order valence-corrected chi connectivity index (χ2v) is 8.15. The molecule has 0 bridgehead atoms. The van der Waals surface area contributed by atoms with E-state index in [-0.39, 0.29) is 12.5 Å². The molecule has 29 heavy (non-hydrogen) atoms. The molecule has 0 aliphatic rings. The quantitative estimate of drug-likeness (QED) is 0.341. The highest BCUT2D eigenvalue weighted by Crippen LogP contribution is 2.28. The van der Waals surface area contributed by atoms with Gasteiger partial charge in [0, 0.05) is 16.2 Å². The summed E-state index contributed by atoms with van der Waals surface area (Å²) < 4.78 is 13.1. The third kappa shape index (κ3) is 7.22. The first kappa shape index (κ1) is 21.4. The van der Waals surface area contributed by atoms with Gasteiger partial charge in [0.2, 0.25) is 0 Å². The molecule has 1 amide bonds. The van der Waals surface area contributed by atoms with E-state index in [9.17, 15) is 4.79 Å². The summed E-state index contributed by atoms with van der Waals surface area (Å²) in [5.41, 5.74) is 1.98. The van der Waals surface area contributed by atoms with Crippen LogP contribution in [0.2, 0.25) is 0 Å². The maximum absolute atomic E-state index is 12.2. The number of halogens is 2. The average Bonchev–Trinajstić information content (AvgIpc) is 2.72. The fourth-order valence-corrected chi connectivity index (χ4v) is 3.87. The van der Waals surface area contributed by atoms with E-state index in [0.29, 0.717) is 18.0 Å². The van der Waals surface area contributed by atoms with Gasteiger partial charge < -0.3 is 14.8 Å². The molecule has 6 heteroatoms. The largest absolute Gasteiger partial charge is 0.494 e. The van der Waals surface area contributed by atoms with E-state index in [1.165, 1.54) is 5.56 Å². The minimum Gasteiger partial charge on any atom is -0.494 e. The van der Waals surface area contributed by atoms with Gasteiger partial charge in [-0.3, -0.25) is 4.79 Å². The van der Waals surface area contributed by atoms with E-state index in [0.717, 1.165) is 27.5 Å². The first-order valence-electron chi connectivity index (χ1n) is 9.24. The Kier molecular flexibility index (Phi) is 8.14. The van der Waals surface area contributed by atoms with Crippen LogP contribution in [0.3, 0.4) is 0 Å². The first-order chi connectivity index (χ1) is 14.1. The number of anilines is 1. The number of carbonyl (C=O) groups excluding carboxylic acids is 1. The molecule has 0 spiro atoms. The monoisotopic (exact) mass is 517 g/mol. The van der Waals surface area contributed by atoms with Gasteiger partial charge >= 0.3 is 0 Å². The Morgan fingerprint density at radius 2 is 1.72 bits per heavy atom. The predicted molar refractivity (Wildman–Crippen MR) is 123 cm³/mol. The number of aryl methyl sites for hydroxylation is 1. The number of hydrogen-bond acceptors (Lipinski definition) is 3. The molecule has 0 aliphatic heterocycles. The van der Waals surface area contributed by atoms with E-state index < -0.39 is 0 Å². The summed E-state index contributed by atoms with van der Waals surface area (Å²) >= 11 is 6.80. The molecule has 0 fully saturated rings. The molecule has 3 aromatic carbocycles. The lowest BCUT2D eigenvalue weighted by Crippen LogP contribution is -2.20. The molecule has 0 aliphatic carbocycles. The van der Waals surface area contributed by atoms with Crippen LogP contribution in [0.1, 0.15) is 12.0 Å². The molecule has 0 unspecified atom stereocenters. The zero-order valence-corrected chi connectivity index (χ0v) is 18.9. The van der Waals surface area contributed by atoms with Gasteiger partial charge in [-0.25, -0.2) is 0 Å². The van der Waals surface area contributed by atoms with Gasteiger partial charge in [0.15, 0.2) is 6.61 Å². The number of carbonyl (C=O) groups is 1. The Balaban J connectivity index is 1.44. The van der Waals surface area contributed by atoms with E-state index in [1.54, 1.807) is 6.07 Å². The van der Waals surface area contributed by atoms with Crippen LogP contribution in [-0.2, 0) is 11.2 Å². The van der Waals surface area contributed by atoms with E-state index in [2.05, 4.69) is 49.3 Å². The fourth-order valence-electron chi connectivity index (χ4n) is 2.71. The summed E-state index contributed by atoms with van der Waals surface area (Å²) in [6, 6.07) is 23.2. The molecule has 150 valence electrons. The van der Waals surface area contributed by atoms with Crippen LogP contribution in [0.15, 0.2) is 81.7 Å². The first-order valence-corrected chi connectivity index (χ1v) is 10.8. The van der Waals surface area contributed by atoms with Crippen molar-refractivity contribution in [1.29, 1.82) is 0 Å². The Labute approximate surface area is 187 Å². The molecule has 3 aromatic rings. The standard InChI is InChI=1S/C23H21Br2NO3/c24-18-11-12-22(21(25)14-18)29-16-23(27)26-19-9-4-10-20(15-19)28-13-5-8-17-6-2-1-3-7-17/h1-4,6-7,9-12,14-15H,5,8,13,16H2,(H,26,27). The summed E-state index contributed by atoms with van der Waals surface area (Å²) in [5, 5.41) is 2.83. The highest BCUT2D eigenvalue weighted by atomic mass is 79.9. The van der Waals surface area contributed by atoms with Crippen molar-refractivity contribution in [2.45, 2.75) is 12.8 Å². The maximum Gasteiger partial charge on any atom is 0.262 e. The van der Waals surface area contributed by atoms with Crippen LogP contribution in [-0.4, -0.2) is 19.1 Å². The van der Waals surface area contributed by atoms with Crippen molar-refractivity contribution in [3.05, 3.63) is 87.3 Å². The van der Waals surface area contributed by atoms with Crippen molar-refractivity contribution in [1.82, 2.24) is 0 Å². The summed E-state index contributed by atoms with van der Waals surface area (Å²) in [6.45, 7) is 0.537. The number of ether oxygens (including phenoxy) is 2. The van der Waals surface area contributed by atoms with E-state index >= 15 is 0 Å². The molecule has 0 aromatic heterocycles. The SMILES string of the molecule is O=C(COc1ccc(Br)cc1Br)Nc1cccc(OCCCc2ccccc2)c1. The molecular weight excluding hydrogens is 498 g/mol. The number of benzene rings is 3. The molecule has 0 saturated carbocycles. The molecule has 0 atom stereocenters. The van der Waals surface area contributed by atoms with Crippen molar-refractivity contribution in [2.75, 3.05) is 18.5 Å². The average molecular weight is 519 g/mol. The lowest BCUT2D eigenvalue weighted by atomic mass is 10.1. The van der Waals surface area contributed by atoms with Crippen LogP contribution >= 0.6 is 31.9 Å². The normalized spacial score (nSPS) is 10.4. The molecule has 0 heterocycles. The third-order valence-electron chi connectivity index (χ3n) is 4.09. The number of rotatable bonds is 9. The van der Waals surface area contributed by atoms with Crippen molar-refractivity contribution >= 4 is 43.5 Å². The van der Waals surface area contributed by atoms with E-state index in [1.807, 2.05) is 54.6 Å². The Morgan fingerprint density at radius 1 is 0.897 bits per heavy atom. The van der Waals surface area contributed by atoms with Crippen LogP contribution in [0.4, 0.5) is 5.69 Å². The summed E-state index contributed by atoms with van der Waals surface area (Å²) in [5.74, 6) is 1.10. The van der Waals surface area contributed by atoms with Gasteiger partial charge in [-0.2, -0.15) is 0 Å². The zero-order valence-electron chi connectivity index (χ0n) is 15.7. The van der Waals surface area contributed by atoms with Crippen LogP contribution in [0.25, 0.3) is 0 Å². The molecule has 0 saturated heterocycles. The Bertz CT molecular complexity index is 948. The molecule has 0 radical (unpaired) electrons. The van der Waals surface area contributed by atoms with Gasteiger partial charge in [-0.05, 0) is 64.7 Å². The minimum absolute atomic E-state index is 0.0810. The lowest BCUT2D eigenvalue weighted by Gasteiger charge is -2.11. The number of hydrogen-bond donors (Lipinski definition) is 1. The Hall–Kier alpha value is -2.31. The van der Waals surface area contributed by atoms with Crippen LogP contribution < -0.4 is 14.8 Å². The predicted octanol–water partition coefficient (Wildman–Crippen LogP) is 6.24. The summed E-state index contributed by atoms with van der Waals surface area (Å²) in [6.07, 6.45) is 1.90. The smallest absolute Gasteiger partial charge is 0.262 e. The highest BCUT2D eigenvalue weighted by molar-refractivity contribution is 9.11. The molecule has 3 rings (SSSR count). The van der Waals surface area contributed by atoms with Crippen LogP contribution in [0.5, 0.6) is 11.5 Å². The summed E-state index contributed by atoms with van der Waals surface area (Å²) in [7, 11) is 0. The minimum atomic E-state index is -0.235. The molecule has 4 nitrogen and oxygen atoms in total. The highest BCUT2D eigenvalue weighted by Gasteiger charge is 2.07. The van der Waals surface area contributed by atoms with E-state index in [4.69, 9.17) is 9.47 Å². The van der Waals surface area contributed by atoms with Gasteiger partial charge in [0.05, 0.1) is 11.1 Å². The van der Waals surface area contributed by atoms with Crippen molar-refractivity contribution in [2.24, 2.45) is 0 Å². The molecular formula is C23H21Br2NO3. The van der Waals surface area contributed by atoms with Crippen molar-refractivity contribution in [3.8, 4) is 11.5 Å². The number of amides is 1. The summed E-state index contributed by atoms with van der Waals surface area (Å²) in [4.78, 5) is 12.2. The second-order valence-electron chi connectivity index (χ2n) is 6.38. The van der Waals surface area contributed by atoms with Gasteiger partial charge in [0.25, 0.3) is 5.91 Å². The Morgan fingerprint density at radius 3 is 2.52 bits per heavy atom. The van der Waals surface area contributed by atoms with Gasteiger partial charge in [0.1, 0.15) is 11.5 Å². The topological polar surface area (TPSA) is 47.6 Å². The second kappa shape index (κ2) is 11.0.